The summed E-state index contributed by atoms with van der Waals surface area (Å²) in [6, 6.07) is 0.362. The lowest BCUT2D eigenvalue weighted by Gasteiger charge is -2.41. The first-order valence-corrected chi connectivity index (χ1v) is 9.55. The van der Waals surface area contributed by atoms with Crippen LogP contribution in [-0.2, 0) is 9.47 Å². The molecule has 0 aromatic heterocycles. The van der Waals surface area contributed by atoms with E-state index in [0.717, 1.165) is 64.4 Å². The number of hydrogen-bond acceptors (Lipinski definition) is 4. The normalized spacial score (nSPS) is 23.3. The zero-order valence-electron chi connectivity index (χ0n) is 14.8. The van der Waals surface area contributed by atoms with Crippen LogP contribution in [0, 0.1) is 11.3 Å². The van der Waals surface area contributed by atoms with Crippen LogP contribution in [0.15, 0.2) is 12.7 Å². The van der Waals surface area contributed by atoms with Gasteiger partial charge in [-0.15, -0.1) is 0 Å². The summed E-state index contributed by atoms with van der Waals surface area (Å²) in [4.78, 5) is 14.4. The molecule has 0 aromatic rings. The highest BCUT2D eigenvalue weighted by Crippen LogP contribution is 2.36. The molecule has 1 N–H and O–H groups in total. The molecule has 0 unspecified atom stereocenters. The Labute approximate surface area is 145 Å². The molecular formula is C19H32N2O3. The molecule has 0 radical (unpaired) electrons. The number of hydrogen-bond donors (Lipinski definition) is 1. The van der Waals surface area contributed by atoms with Gasteiger partial charge >= 0.3 is 6.09 Å². The third-order valence-electron chi connectivity index (χ3n) is 5.70. The van der Waals surface area contributed by atoms with Gasteiger partial charge in [0.2, 0.25) is 0 Å². The molecule has 1 saturated heterocycles. The summed E-state index contributed by atoms with van der Waals surface area (Å²) in [6.45, 7) is 8.35. The van der Waals surface area contributed by atoms with Crippen LogP contribution < -0.4 is 5.32 Å². The standard InChI is InChI=1S/C19H32N2O3/c1-2-12-24-18(22)21(17-6-7-17)14-19(8-10-20-11-9-19)15-23-13-16-4-3-5-16/h2,16-17,20H,1,3-15H2. The van der Waals surface area contributed by atoms with Crippen LogP contribution in [0.4, 0.5) is 4.79 Å². The first kappa shape index (κ1) is 17.7. The minimum Gasteiger partial charge on any atom is -0.445 e. The van der Waals surface area contributed by atoms with Crippen molar-refractivity contribution in [2.45, 2.75) is 51.0 Å². The van der Waals surface area contributed by atoms with E-state index in [1.165, 1.54) is 19.3 Å². The van der Waals surface area contributed by atoms with Gasteiger partial charge in [0.15, 0.2) is 0 Å². The zero-order chi connectivity index (χ0) is 16.8. The summed E-state index contributed by atoms with van der Waals surface area (Å²) in [5, 5.41) is 3.44. The summed E-state index contributed by atoms with van der Waals surface area (Å²) < 4.78 is 11.4. The summed E-state index contributed by atoms with van der Waals surface area (Å²) >= 11 is 0. The molecule has 3 rings (SSSR count). The molecule has 0 aromatic carbocycles. The van der Waals surface area contributed by atoms with Crippen LogP contribution in [0.3, 0.4) is 0 Å². The first-order valence-electron chi connectivity index (χ1n) is 9.55. The highest BCUT2D eigenvalue weighted by Gasteiger charge is 2.41. The maximum atomic E-state index is 12.4. The molecule has 1 heterocycles. The van der Waals surface area contributed by atoms with E-state index in [9.17, 15) is 4.79 Å². The van der Waals surface area contributed by atoms with Gasteiger partial charge in [0, 0.05) is 24.6 Å². The Hall–Kier alpha value is -1.07. The number of piperidine rings is 1. The van der Waals surface area contributed by atoms with E-state index in [0.29, 0.717) is 6.04 Å². The summed E-state index contributed by atoms with van der Waals surface area (Å²) in [5.74, 6) is 0.765. The van der Waals surface area contributed by atoms with Crippen molar-refractivity contribution >= 4 is 6.09 Å². The van der Waals surface area contributed by atoms with Crippen molar-refractivity contribution in [2.24, 2.45) is 11.3 Å². The number of nitrogens with one attached hydrogen (secondary N) is 1. The van der Waals surface area contributed by atoms with Crippen LogP contribution >= 0.6 is 0 Å². The largest absolute Gasteiger partial charge is 0.445 e. The zero-order valence-corrected chi connectivity index (χ0v) is 14.8. The highest BCUT2D eigenvalue weighted by molar-refractivity contribution is 5.68. The molecule has 0 atom stereocenters. The van der Waals surface area contributed by atoms with Crippen molar-refractivity contribution in [2.75, 3.05) is 39.5 Å². The minimum absolute atomic E-state index is 0.0742. The summed E-state index contributed by atoms with van der Waals surface area (Å²) in [5.41, 5.74) is 0.0742. The first-order chi connectivity index (χ1) is 11.7. The van der Waals surface area contributed by atoms with Crippen LogP contribution in [-0.4, -0.2) is 56.5 Å². The fraction of sp³-hybridized carbons (Fsp3) is 0.842. The van der Waals surface area contributed by atoms with Gasteiger partial charge in [-0.25, -0.2) is 4.79 Å². The molecule has 5 heteroatoms. The maximum Gasteiger partial charge on any atom is 0.410 e. The predicted octanol–water partition coefficient (Wildman–Crippen LogP) is 2.96. The summed E-state index contributed by atoms with van der Waals surface area (Å²) in [7, 11) is 0. The molecule has 1 amide bonds. The maximum absolute atomic E-state index is 12.4. The highest BCUT2D eigenvalue weighted by atomic mass is 16.6. The average Bonchev–Trinajstić information content (AvgIpc) is 3.38. The second-order valence-corrected chi connectivity index (χ2v) is 7.79. The quantitative estimate of drug-likeness (QED) is 0.658. The molecule has 0 spiro atoms. The van der Waals surface area contributed by atoms with Crippen molar-refractivity contribution in [1.29, 1.82) is 0 Å². The topological polar surface area (TPSA) is 50.8 Å². The van der Waals surface area contributed by atoms with Gasteiger partial charge in [-0.2, -0.15) is 0 Å². The molecule has 5 nitrogen and oxygen atoms in total. The number of carbonyl (C=O) groups excluding carboxylic acids is 1. The van der Waals surface area contributed by atoms with Crippen molar-refractivity contribution in [1.82, 2.24) is 10.2 Å². The van der Waals surface area contributed by atoms with E-state index < -0.39 is 0 Å². The fourth-order valence-corrected chi connectivity index (χ4v) is 3.71. The molecule has 3 aliphatic rings. The molecule has 1 aliphatic heterocycles. The SMILES string of the molecule is C=CCOC(=O)N(CC1(COCC2CCC2)CCNCC1)C1CC1. The van der Waals surface area contributed by atoms with Gasteiger partial charge in [0.05, 0.1) is 6.61 Å². The van der Waals surface area contributed by atoms with E-state index in [-0.39, 0.29) is 18.1 Å². The number of carbonyl (C=O) groups is 1. The van der Waals surface area contributed by atoms with Crippen molar-refractivity contribution in [3.05, 3.63) is 12.7 Å². The molecule has 0 bridgehead atoms. The van der Waals surface area contributed by atoms with Gasteiger partial charge in [-0.1, -0.05) is 19.1 Å². The molecule has 24 heavy (non-hydrogen) atoms. The van der Waals surface area contributed by atoms with Crippen molar-refractivity contribution in [3.8, 4) is 0 Å². The van der Waals surface area contributed by atoms with Crippen LogP contribution in [0.25, 0.3) is 0 Å². The van der Waals surface area contributed by atoms with Gasteiger partial charge in [-0.3, -0.25) is 0 Å². The third kappa shape index (κ3) is 4.73. The average molecular weight is 336 g/mol. The van der Waals surface area contributed by atoms with Crippen LogP contribution in [0.1, 0.15) is 44.9 Å². The molecule has 3 fully saturated rings. The molecule has 2 saturated carbocycles. The Balaban J connectivity index is 1.57. The van der Waals surface area contributed by atoms with E-state index in [1.54, 1.807) is 6.08 Å². The van der Waals surface area contributed by atoms with Crippen molar-refractivity contribution < 1.29 is 14.3 Å². The number of amides is 1. The lowest BCUT2D eigenvalue weighted by molar-refractivity contribution is -0.0213. The van der Waals surface area contributed by atoms with E-state index >= 15 is 0 Å². The van der Waals surface area contributed by atoms with E-state index in [4.69, 9.17) is 9.47 Å². The van der Waals surface area contributed by atoms with Gasteiger partial charge in [0.1, 0.15) is 6.61 Å². The minimum atomic E-state index is -0.186. The Kier molecular flexibility index (Phi) is 6.17. The Morgan fingerprint density at radius 1 is 1.25 bits per heavy atom. The Morgan fingerprint density at radius 2 is 2.00 bits per heavy atom. The number of ether oxygens (including phenoxy) is 2. The van der Waals surface area contributed by atoms with Crippen LogP contribution in [0.2, 0.25) is 0 Å². The van der Waals surface area contributed by atoms with Gasteiger partial charge < -0.3 is 19.7 Å². The lowest BCUT2D eigenvalue weighted by atomic mass is 9.79. The molecule has 136 valence electrons. The second kappa shape index (κ2) is 8.34. The second-order valence-electron chi connectivity index (χ2n) is 7.79. The van der Waals surface area contributed by atoms with E-state index in [2.05, 4.69) is 11.9 Å². The number of nitrogens with zero attached hydrogens (tertiary/aromatic N) is 1. The third-order valence-corrected chi connectivity index (χ3v) is 5.70. The van der Waals surface area contributed by atoms with E-state index in [1.807, 2.05) is 4.90 Å². The molecule has 2 aliphatic carbocycles. The predicted molar refractivity (Wildman–Crippen MR) is 94.0 cm³/mol. The van der Waals surface area contributed by atoms with Crippen molar-refractivity contribution in [3.63, 3.8) is 0 Å². The monoisotopic (exact) mass is 336 g/mol. The Morgan fingerprint density at radius 3 is 2.58 bits per heavy atom. The Bertz CT molecular complexity index is 426. The fourth-order valence-electron chi connectivity index (χ4n) is 3.71. The van der Waals surface area contributed by atoms with Crippen LogP contribution in [0.5, 0.6) is 0 Å². The lowest BCUT2D eigenvalue weighted by Crippen LogP contribution is -2.50. The number of rotatable bonds is 9. The van der Waals surface area contributed by atoms with Gasteiger partial charge in [-0.05, 0) is 57.5 Å². The summed E-state index contributed by atoms with van der Waals surface area (Å²) in [6.07, 6.45) is 9.76. The smallest absolute Gasteiger partial charge is 0.410 e. The van der Waals surface area contributed by atoms with Gasteiger partial charge in [0.25, 0.3) is 0 Å². The molecular weight excluding hydrogens is 304 g/mol.